The van der Waals surface area contributed by atoms with Gasteiger partial charge in [0.05, 0.1) is 11.3 Å². The maximum Gasteiger partial charge on any atom is 0.327 e. The van der Waals surface area contributed by atoms with Crippen molar-refractivity contribution in [3.63, 3.8) is 0 Å². The second-order valence-electron chi connectivity index (χ2n) is 5.12. The van der Waals surface area contributed by atoms with Gasteiger partial charge >= 0.3 is 11.9 Å². The van der Waals surface area contributed by atoms with E-state index in [1.54, 1.807) is 24.3 Å². The molecule has 1 aromatic carbocycles. The summed E-state index contributed by atoms with van der Waals surface area (Å²) in [5, 5.41) is 18.1. The van der Waals surface area contributed by atoms with Gasteiger partial charge in [-0.3, -0.25) is 14.5 Å². The Morgan fingerprint density at radius 2 is 2.04 bits per heavy atom. The lowest BCUT2D eigenvalue weighted by Crippen LogP contribution is -2.45. The van der Waals surface area contributed by atoms with E-state index < -0.39 is 30.3 Å². The molecule has 2 heterocycles. The second kappa shape index (κ2) is 6.73. The first-order chi connectivity index (χ1) is 11.9. The lowest BCUT2D eigenvalue weighted by Gasteiger charge is -2.21. The second-order valence-corrected chi connectivity index (χ2v) is 6.79. The van der Waals surface area contributed by atoms with Crippen molar-refractivity contribution in [2.75, 3.05) is 6.79 Å². The standard InChI is InChI=1S/C15H11NO7S2/c17-12(18)5-8(14(20)21)16-13(19)11(25-15(16)24)4-7-1-2-9-10(3-7)23-6-22-9/h1-4,8H,5-6H2,(H,17,18)(H,20,21)/b11-4+/t8-/m1/s1. The molecule has 8 nitrogen and oxygen atoms in total. The van der Waals surface area contributed by atoms with E-state index in [2.05, 4.69) is 0 Å². The molecule has 0 spiro atoms. The third kappa shape index (κ3) is 3.44. The number of benzene rings is 1. The van der Waals surface area contributed by atoms with Gasteiger partial charge in [-0.15, -0.1) is 0 Å². The number of carboxylic acids is 2. The average Bonchev–Trinajstić information content (AvgIpc) is 3.10. The maximum absolute atomic E-state index is 12.5. The van der Waals surface area contributed by atoms with Crippen molar-refractivity contribution in [2.45, 2.75) is 12.5 Å². The van der Waals surface area contributed by atoms with Crippen LogP contribution in [0.5, 0.6) is 11.5 Å². The van der Waals surface area contributed by atoms with Gasteiger partial charge in [-0.05, 0) is 23.8 Å². The number of thiocarbonyl (C=S) groups is 1. The summed E-state index contributed by atoms with van der Waals surface area (Å²) in [5.41, 5.74) is 0.648. The summed E-state index contributed by atoms with van der Waals surface area (Å²) < 4.78 is 10.5. The van der Waals surface area contributed by atoms with Crippen molar-refractivity contribution in [1.29, 1.82) is 0 Å². The monoisotopic (exact) mass is 381 g/mol. The third-order valence-corrected chi connectivity index (χ3v) is 4.81. The van der Waals surface area contributed by atoms with Crippen molar-refractivity contribution in [3.05, 3.63) is 28.7 Å². The van der Waals surface area contributed by atoms with Crippen LogP contribution in [0.4, 0.5) is 0 Å². The molecule has 3 rings (SSSR count). The predicted octanol–water partition coefficient (Wildman–Crippen LogP) is 1.54. The Morgan fingerprint density at radius 3 is 2.72 bits per heavy atom. The van der Waals surface area contributed by atoms with E-state index >= 15 is 0 Å². The fourth-order valence-corrected chi connectivity index (χ4v) is 3.71. The molecule has 0 radical (unpaired) electrons. The lowest BCUT2D eigenvalue weighted by molar-refractivity contribution is -0.150. The van der Waals surface area contributed by atoms with Gasteiger partial charge in [0.2, 0.25) is 6.79 Å². The van der Waals surface area contributed by atoms with E-state index in [9.17, 15) is 19.5 Å². The number of hydrogen-bond donors (Lipinski definition) is 2. The molecule has 130 valence electrons. The number of nitrogens with zero attached hydrogens (tertiary/aromatic N) is 1. The molecule has 1 aromatic rings. The molecule has 0 aromatic heterocycles. The minimum Gasteiger partial charge on any atom is -0.481 e. The molecule has 0 bridgehead atoms. The van der Waals surface area contributed by atoms with Gasteiger partial charge in [0.15, 0.2) is 11.5 Å². The fraction of sp³-hybridized carbons (Fsp3) is 0.200. The highest BCUT2D eigenvalue weighted by Gasteiger charge is 2.41. The predicted molar refractivity (Wildman–Crippen MR) is 91.3 cm³/mol. The molecular formula is C15H11NO7S2. The minimum atomic E-state index is -1.55. The van der Waals surface area contributed by atoms with Gasteiger partial charge < -0.3 is 19.7 Å². The van der Waals surface area contributed by atoms with E-state index in [0.717, 1.165) is 16.7 Å². The van der Waals surface area contributed by atoms with Crippen LogP contribution in [0.3, 0.4) is 0 Å². The molecule has 1 saturated heterocycles. The summed E-state index contributed by atoms with van der Waals surface area (Å²) in [4.78, 5) is 35.8. The van der Waals surface area contributed by atoms with Crippen molar-refractivity contribution in [2.24, 2.45) is 0 Å². The largest absolute Gasteiger partial charge is 0.481 e. The summed E-state index contributed by atoms with van der Waals surface area (Å²) in [5.74, 6) is -2.26. The van der Waals surface area contributed by atoms with Gasteiger partial charge in [-0.1, -0.05) is 30.0 Å². The molecule has 25 heavy (non-hydrogen) atoms. The van der Waals surface area contributed by atoms with Crippen LogP contribution < -0.4 is 9.47 Å². The first-order valence-corrected chi connectivity index (χ1v) is 8.20. The van der Waals surface area contributed by atoms with E-state index in [0.29, 0.717) is 17.1 Å². The van der Waals surface area contributed by atoms with Gasteiger partial charge in [-0.2, -0.15) is 0 Å². The van der Waals surface area contributed by atoms with Gasteiger partial charge in [0.1, 0.15) is 10.4 Å². The number of fused-ring (bicyclic) bond motifs is 1. The summed E-state index contributed by atoms with van der Waals surface area (Å²) in [6.07, 6.45) is 0.806. The van der Waals surface area contributed by atoms with Crippen LogP contribution in [0.25, 0.3) is 6.08 Å². The Bertz CT molecular complexity index is 820. The van der Waals surface area contributed by atoms with Crippen LogP contribution in [0.15, 0.2) is 23.1 Å². The van der Waals surface area contributed by atoms with Crippen LogP contribution in [-0.4, -0.2) is 50.1 Å². The zero-order valence-corrected chi connectivity index (χ0v) is 14.1. The number of carboxylic acid groups (broad SMARTS) is 2. The number of rotatable bonds is 5. The zero-order chi connectivity index (χ0) is 18.1. The Kier molecular flexibility index (Phi) is 4.64. The molecule has 0 unspecified atom stereocenters. The Labute approximate surface area is 151 Å². The van der Waals surface area contributed by atoms with Crippen LogP contribution >= 0.6 is 24.0 Å². The van der Waals surface area contributed by atoms with E-state index in [-0.39, 0.29) is 16.0 Å². The van der Waals surface area contributed by atoms with Crippen molar-refractivity contribution in [3.8, 4) is 11.5 Å². The maximum atomic E-state index is 12.5. The van der Waals surface area contributed by atoms with E-state index in [4.69, 9.17) is 26.8 Å². The molecule has 2 aliphatic heterocycles. The fourth-order valence-electron chi connectivity index (χ4n) is 2.36. The molecule has 1 amide bonds. The first kappa shape index (κ1) is 17.2. The number of aliphatic carboxylic acids is 2. The Hall–Kier alpha value is -2.59. The molecule has 1 atom stereocenters. The normalized spacial score (nSPS) is 18.7. The molecule has 1 fully saturated rings. The van der Waals surface area contributed by atoms with Gasteiger partial charge in [-0.25, -0.2) is 4.79 Å². The summed E-state index contributed by atoms with van der Waals surface area (Å²) in [6.45, 7) is 0.121. The molecule has 2 N–H and O–H groups in total. The number of amides is 1. The quantitative estimate of drug-likeness (QED) is 0.579. The number of ether oxygens (including phenoxy) is 2. The molecule has 0 aliphatic carbocycles. The Morgan fingerprint density at radius 1 is 1.32 bits per heavy atom. The van der Waals surface area contributed by atoms with Crippen LogP contribution in [0.1, 0.15) is 12.0 Å². The number of carbonyl (C=O) groups is 3. The lowest BCUT2D eigenvalue weighted by atomic mass is 10.1. The van der Waals surface area contributed by atoms with E-state index in [1.165, 1.54) is 0 Å². The summed E-state index contributed by atoms with van der Waals surface area (Å²) in [7, 11) is 0. The van der Waals surface area contributed by atoms with Crippen molar-refractivity contribution < 1.29 is 34.1 Å². The SMILES string of the molecule is O=C(O)C[C@H](C(=O)O)N1C(=O)/C(=C\c2ccc3c(c2)OCO3)SC1=S. The molecule has 10 heteroatoms. The van der Waals surface area contributed by atoms with Crippen LogP contribution in [0, 0.1) is 0 Å². The third-order valence-electron chi connectivity index (χ3n) is 3.48. The van der Waals surface area contributed by atoms with E-state index in [1.807, 2.05) is 0 Å². The van der Waals surface area contributed by atoms with Crippen LogP contribution in [0.2, 0.25) is 0 Å². The highest BCUT2D eigenvalue weighted by atomic mass is 32.2. The molecule has 0 saturated carbocycles. The molecular weight excluding hydrogens is 370 g/mol. The smallest absolute Gasteiger partial charge is 0.327 e. The summed E-state index contributed by atoms with van der Waals surface area (Å²) in [6, 6.07) is 3.54. The number of carbonyl (C=O) groups excluding carboxylic acids is 1. The topological polar surface area (TPSA) is 113 Å². The van der Waals surface area contributed by atoms with Crippen molar-refractivity contribution >= 4 is 52.2 Å². The van der Waals surface area contributed by atoms with Gasteiger partial charge in [0.25, 0.3) is 5.91 Å². The first-order valence-electron chi connectivity index (χ1n) is 6.98. The highest BCUT2D eigenvalue weighted by Crippen LogP contribution is 2.37. The van der Waals surface area contributed by atoms with Crippen LogP contribution in [-0.2, 0) is 14.4 Å². The number of thioether (sulfide) groups is 1. The molecule has 2 aliphatic rings. The van der Waals surface area contributed by atoms with Gasteiger partial charge in [0, 0.05) is 0 Å². The highest BCUT2D eigenvalue weighted by molar-refractivity contribution is 8.26. The average molecular weight is 381 g/mol. The number of hydrogen-bond acceptors (Lipinski definition) is 7. The minimum absolute atomic E-state index is 0.00523. The zero-order valence-electron chi connectivity index (χ0n) is 12.5. The summed E-state index contributed by atoms with van der Waals surface area (Å²) >= 11 is 5.99. The van der Waals surface area contributed by atoms with Crippen molar-refractivity contribution in [1.82, 2.24) is 4.90 Å². The Balaban J connectivity index is 1.87.